The second-order valence-corrected chi connectivity index (χ2v) is 12.3. The zero-order valence-corrected chi connectivity index (χ0v) is 22.1. The highest BCUT2D eigenvalue weighted by molar-refractivity contribution is 7.89. The van der Waals surface area contributed by atoms with E-state index in [1.807, 2.05) is 6.20 Å². The number of ether oxygens (including phenoxy) is 1. The first-order chi connectivity index (χ1) is 16.8. The number of hydrogen-bond donors (Lipinski definition) is 2. The van der Waals surface area contributed by atoms with Crippen LogP contribution in [-0.2, 0) is 14.8 Å². The van der Waals surface area contributed by atoms with E-state index in [9.17, 15) is 13.5 Å². The number of methoxy groups -OCH3 is 1. The molecule has 2 N–H and O–H groups in total. The van der Waals surface area contributed by atoms with Crippen molar-refractivity contribution < 1.29 is 18.3 Å². The minimum Gasteiger partial charge on any atom is -0.393 e. The van der Waals surface area contributed by atoms with Gasteiger partial charge in [-0.2, -0.15) is 4.98 Å². The van der Waals surface area contributed by atoms with Crippen molar-refractivity contribution in [1.82, 2.24) is 18.8 Å². The Morgan fingerprint density at radius 3 is 2.57 bits per heavy atom. The number of nitrogens with zero attached hydrogens (tertiary/aromatic N) is 4. The van der Waals surface area contributed by atoms with Gasteiger partial charge in [0.15, 0.2) is 0 Å². The molecule has 0 amide bonds. The van der Waals surface area contributed by atoms with Gasteiger partial charge in [0, 0.05) is 50.1 Å². The molecule has 1 aliphatic carbocycles. The summed E-state index contributed by atoms with van der Waals surface area (Å²) in [5, 5.41) is 14.5. The minimum atomic E-state index is -3.29. The normalized spacial score (nSPS) is 23.5. The van der Waals surface area contributed by atoms with E-state index in [-0.39, 0.29) is 24.4 Å². The average Bonchev–Trinajstić information content (AvgIpc) is 3.22. The van der Waals surface area contributed by atoms with Crippen molar-refractivity contribution in [3.8, 4) is 0 Å². The number of anilines is 1. The predicted octanol–water partition coefficient (Wildman–Crippen LogP) is 3.66. The van der Waals surface area contributed by atoms with Crippen LogP contribution in [0.15, 0.2) is 12.4 Å². The van der Waals surface area contributed by atoms with Gasteiger partial charge in [0.25, 0.3) is 0 Å². The molecular weight excluding hydrogens is 466 g/mol. The predicted molar refractivity (Wildman–Crippen MR) is 138 cm³/mol. The van der Waals surface area contributed by atoms with Gasteiger partial charge in [0.1, 0.15) is 5.65 Å². The number of aliphatic hydroxyl groups is 1. The van der Waals surface area contributed by atoms with Gasteiger partial charge in [0.05, 0.1) is 18.5 Å². The lowest BCUT2D eigenvalue weighted by Gasteiger charge is -2.31. The Labute approximate surface area is 209 Å². The number of piperidine rings is 1. The molecule has 3 heterocycles. The Morgan fingerprint density at radius 1 is 1.20 bits per heavy atom. The second kappa shape index (κ2) is 11.5. The topological polar surface area (TPSA) is 110 Å². The summed E-state index contributed by atoms with van der Waals surface area (Å²) in [5.74, 6) is 0.948. The average molecular weight is 508 g/mol. The first-order valence-corrected chi connectivity index (χ1v) is 14.7. The molecule has 2 aromatic rings. The molecule has 10 heteroatoms. The van der Waals surface area contributed by atoms with Crippen LogP contribution in [0, 0.1) is 0 Å². The van der Waals surface area contributed by atoms with Crippen LogP contribution in [-0.4, -0.2) is 77.1 Å². The van der Waals surface area contributed by atoms with Crippen molar-refractivity contribution in [3.63, 3.8) is 0 Å². The maximum Gasteiger partial charge on any atom is 0.224 e. The molecule has 0 spiro atoms. The van der Waals surface area contributed by atoms with Crippen LogP contribution in [0.2, 0.25) is 0 Å². The zero-order valence-electron chi connectivity index (χ0n) is 21.3. The van der Waals surface area contributed by atoms with Gasteiger partial charge in [-0.25, -0.2) is 17.7 Å². The van der Waals surface area contributed by atoms with Gasteiger partial charge in [-0.05, 0) is 63.4 Å². The summed E-state index contributed by atoms with van der Waals surface area (Å²) in [6.45, 7) is 5.59. The summed E-state index contributed by atoms with van der Waals surface area (Å²) in [7, 11) is -1.76. The number of rotatable bonds is 10. The fourth-order valence-electron chi connectivity index (χ4n) is 5.55. The van der Waals surface area contributed by atoms with E-state index in [2.05, 4.69) is 34.9 Å². The Hall–Kier alpha value is -1.75. The second-order valence-electron chi connectivity index (χ2n) is 10.2. The van der Waals surface area contributed by atoms with Gasteiger partial charge < -0.3 is 19.7 Å². The molecule has 2 aromatic heterocycles. The maximum atomic E-state index is 12.6. The summed E-state index contributed by atoms with van der Waals surface area (Å²) in [5.41, 5.74) is 2.16. The summed E-state index contributed by atoms with van der Waals surface area (Å²) in [6, 6.07) is 0.606. The van der Waals surface area contributed by atoms with Gasteiger partial charge in [-0.3, -0.25) is 0 Å². The van der Waals surface area contributed by atoms with Crippen LogP contribution in [0.3, 0.4) is 0 Å². The van der Waals surface area contributed by atoms with Crippen molar-refractivity contribution in [1.29, 1.82) is 0 Å². The third kappa shape index (κ3) is 6.15. The van der Waals surface area contributed by atoms with Crippen LogP contribution in [0.4, 0.5) is 5.95 Å². The number of aromatic nitrogens is 3. The van der Waals surface area contributed by atoms with Crippen molar-refractivity contribution in [2.45, 2.75) is 89.3 Å². The highest BCUT2D eigenvalue weighted by Gasteiger charge is 2.31. The first-order valence-electron chi connectivity index (χ1n) is 13.1. The van der Waals surface area contributed by atoms with E-state index in [0.29, 0.717) is 31.1 Å². The molecular formula is C25H41N5O4S. The van der Waals surface area contributed by atoms with E-state index < -0.39 is 10.0 Å². The first kappa shape index (κ1) is 26.3. The number of fused-ring (bicyclic) bond motifs is 1. The van der Waals surface area contributed by atoms with E-state index in [4.69, 9.17) is 9.72 Å². The lowest BCUT2D eigenvalue weighted by Crippen LogP contribution is -2.39. The van der Waals surface area contributed by atoms with E-state index in [1.165, 1.54) is 12.7 Å². The fourth-order valence-corrected chi connectivity index (χ4v) is 6.95. The molecule has 2 fully saturated rings. The Bertz CT molecular complexity index is 1070. The number of sulfonamides is 1. The Kier molecular flexibility index (Phi) is 8.67. The van der Waals surface area contributed by atoms with Gasteiger partial charge in [-0.15, -0.1) is 0 Å². The van der Waals surface area contributed by atoms with Crippen LogP contribution >= 0.6 is 0 Å². The van der Waals surface area contributed by atoms with E-state index in [0.717, 1.165) is 62.4 Å². The highest BCUT2D eigenvalue weighted by Crippen LogP contribution is 2.38. The summed E-state index contributed by atoms with van der Waals surface area (Å²) in [6.07, 6.45) is 11.2. The SMILES string of the molecule is CCC[C@H](C)Nc1ncc2c(C3CCN(S(=O)(=O)CCOC)CC3)cn(C3CCC(O)CC3)c2n1. The zero-order chi connectivity index (χ0) is 25.0. The molecule has 1 saturated heterocycles. The van der Waals surface area contributed by atoms with Crippen molar-refractivity contribution in [2.75, 3.05) is 37.9 Å². The third-order valence-corrected chi connectivity index (χ3v) is 9.43. The molecule has 35 heavy (non-hydrogen) atoms. The number of aliphatic hydroxyl groups excluding tert-OH is 1. The lowest BCUT2D eigenvalue weighted by molar-refractivity contribution is 0.111. The van der Waals surface area contributed by atoms with Crippen molar-refractivity contribution >= 4 is 27.0 Å². The minimum absolute atomic E-state index is 0.0288. The van der Waals surface area contributed by atoms with Gasteiger partial charge in [-0.1, -0.05) is 13.3 Å². The summed E-state index contributed by atoms with van der Waals surface area (Å²) in [4.78, 5) is 9.60. The molecule has 1 saturated carbocycles. The fraction of sp³-hybridized carbons (Fsp3) is 0.760. The molecule has 0 aromatic carbocycles. The molecule has 2 aliphatic rings. The smallest absolute Gasteiger partial charge is 0.224 e. The Morgan fingerprint density at radius 2 is 1.91 bits per heavy atom. The van der Waals surface area contributed by atoms with E-state index in [1.54, 1.807) is 4.31 Å². The third-order valence-electron chi connectivity index (χ3n) is 7.59. The standard InChI is InChI=1S/C25H41N5O4S/c1-4-5-18(2)27-25-26-16-22-23(17-30(24(22)28-25)20-6-8-21(31)9-7-20)19-10-12-29(13-11-19)35(32,33)15-14-34-3/h16-21,31H,4-15H2,1-3H3,(H,26,27,28)/t18-,20?,21?/m0/s1. The quantitative estimate of drug-likeness (QED) is 0.505. The number of hydrogen-bond acceptors (Lipinski definition) is 7. The highest BCUT2D eigenvalue weighted by atomic mass is 32.2. The lowest BCUT2D eigenvalue weighted by atomic mass is 9.90. The molecule has 9 nitrogen and oxygen atoms in total. The Balaban J connectivity index is 1.59. The number of nitrogens with one attached hydrogen (secondary N) is 1. The summed E-state index contributed by atoms with van der Waals surface area (Å²) < 4.78 is 34.1. The molecule has 0 bridgehead atoms. The van der Waals surface area contributed by atoms with E-state index >= 15 is 0 Å². The molecule has 196 valence electrons. The summed E-state index contributed by atoms with van der Waals surface area (Å²) >= 11 is 0. The maximum absolute atomic E-state index is 12.6. The molecule has 1 aliphatic heterocycles. The van der Waals surface area contributed by atoms with Gasteiger partial charge in [0.2, 0.25) is 16.0 Å². The van der Waals surface area contributed by atoms with Crippen LogP contribution in [0.25, 0.3) is 11.0 Å². The van der Waals surface area contributed by atoms with Crippen LogP contribution < -0.4 is 5.32 Å². The van der Waals surface area contributed by atoms with Crippen LogP contribution in [0.1, 0.15) is 82.7 Å². The van der Waals surface area contributed by atoms with Crippen LogP contribution in [0.5, 0.6) is 0 Å². The van der Waals surface area contributed by atoms with Crippen molar-refractivity contribution in [2.24, 2.45) is 0 Å². The molecule has 1 atom stereocenters. The van der Waals surface area contributed by atoms with Crippen molar-refractivity contribution in [3.05, 3.63) is 18.0 Å². The van der Waals surface area contributed by atoms with Gasteiger partial charge >= 0.3 is 0 Å². The molecule has 0 unspecified atom stereocenters. The molecule has 4 rings (SSSR count). The molecule has 0 radical (unpaired) electrons. The monoisotopic (exact) mass is 507 g/mol. The largest absolute Gasteiger partial charge is 0.393 e.